The lowest BCUT2D eigenvalue weighted by atomic mass is 10.0. The zero-order valence-corrected chi connectivity index (χ0v) is 13.5. The summed E-state index contributed by atoms with van der Waals surface area (Å²) in [5, 5.41) is 12.1. The first-order chi connectivity index (χ1) is 11.0. The quantitative estimate of drug-likeness (QED) is 0.760. The second-order valence-corrected chi connectivity index (χ2v) is 5.89. The van der Waals surface area contributed by atoms with Gasteiger partial charge in [-0.3, -0.25) is 4.79 Å². The van der Waals surface area contributed by atoms with Gasteiger partial charge in [0.15, 0.2) is 0 Å². The van der Waals surface area contributed by atoms with Gasteiger partial charge in [0.1, 0.15) is 5.75 Å². The van der Waals surface area contributed by atoms with Crippen LogP contribution in [-0.4, -0.2) is 18.1 Å². The molecule has 3 aromatic rings. The van der Waals surface area contributed by atoms with E-state index < -0.39 is 0 Å². The van der Waals surface area contributed by atoms with E-state index >= 15 is 0 Å². The van der Waals surface area contributed by atoms with E-state index in [0.29, 0.717) is 10.9 Å². The molecule has 0 spiro atoms. The zero-order valence-electron chi connectivity index (χ0n) is 13.5. The normalized spacial score (nSPS) is 10.7. The summed E-state index contributed by atoms with van der Waals surface area (Å²) >= 11 is 0. The van der Waals surface area contributed by atoms with Crippen molar-refractivity contribution in [3.63, 3.8) is 0 Å². The minimum atomic E-state index is -0.224. The van der Waals surface area contributed by atoms with E-state index in [9.17, 15) is 9.90 Å². The fourth-order valence-corrected chi connectivity index (χ4v) is 2.87. The molecule has 23 heavy (non-hydrogen) atoms. The number of benzene rings is 3. The molecule has 0 heterocycles. The first-order valence-corrected chi connectivity index (χ1v) is 7.54. The van der Waals surface area contributed by atoms with E-state index in [4.69, 9.17) is 0 Å². The van der Waals surface area contributed by atoms with Gasteiger partial charge in [-0.15, -0.1) is 0 Å². The Balaban J connectivity index is 2.04. The summed E-state index contributed by atoms with van der Waals surface area (Å²) < 4.78 is 0. The van der Waals surface area contributed by atoms with Gasteiger partial charge in [0.25, 0.3) is 5.91 Å². The molecule has 1 N–H and O–H groups in total. The van der Waals surface area contributed by atoms with Gasteiger partial charge >= 0.3 is 0 Å². The second-order valence-electron chi connectivity index (χ2n) is 5.89. The van der Waals surface area contributed by atoms with Gasteiger partial charge in [0, 0.05) is 18.1 Å². The first-order valence-electron chi connectivity index (χ1n) is 7.54. The van der Waals surface area contributed by atoms with Crippen LogP contribution in [0.1, 0.15) is 21.5 Å². The van der Waals surface area contributed by atoms with Crippen molar-refractivity contribution in [2.75, 3.05) is 11.9 Å². The summed E-state index contributed by atoms with van der Waals surface area (Å²) in [5.74, 6) is -0.192. The van der Waals surface area contributed by atoms with E-state index in [1.807, 2.05) is 56.3 Å². The molecule has 0 saturated heterocycles. The van der Waals surface area contributed by atoms with Crippen LogP contribution in [0.25, 0.3) is 10.8 Å². The highest BCUT2D eigenvalue weighted by Gasteiger charge is 2.19. The molecule has 0 aliphatic carbocycles. The lowest BCUT2D eigenvalue weighted by Gasteiger charge is -2.19. The Morgan fingerprint density at radius 3 is 2.30 bits per heavy atom. The maximum absolute atomic E-state index is 12.8. The molecule has 0 radical (unpaired) electrons. The average Bonchev–Trinajstić information content (AvgIpc) is 2.53. The highest BCUT2D eigenvalue weighted by atomic mass is 16.3. The summed E-state index contributed by atoms with van der Waals surface area (Å²) in [5.41, 5.74) is 3.33. The van der Waals surface area contributed by atoms with Crippen LogP contribution in [0.5, 0.6) is 5.75 Å². The summed E-state index contributed by atoms with van der Waals surface area (Å²) in [6, 6.07) is 17.0. The van der Waals surface area contributed by atoms with Crippen molar-refractivity contribution in [2.45, 2.75) is 13.8 Å². The van der Waals surface area contributed by atoms with Crippen LogP contribution >= 0.6 is 0 Å². The monoisotopic (exact) mass is 305 g/mol. The molecule has 3 aromatic carbocycles. The van der Waals surface area contributed by atoms with Crippen molar-refractivity contribution >= 4 is 22.4 Å². The van der Waals surface area contributed by atoms with E-state index in [1.54, 1.807) is 18.0 Å². The summed E-state index contributed by atoms with van der Waals surface area (Å²) in [4.78, 5) is 14.4. The molecule has 1 amide bonds. The highest BCUT2D eigenvalue weighted by Crippen LogP contribution is 2.30. The van der Waals surface area contributed by atoms with Gasteiger partial charge in [-0.25, -0.2) is 0 Å². The molecule has 3 heteroatoms. The van der Waals surface area contributed by atoms with Crippen molar-refractivity contribution < 1.29 is 9.90 Å². The van der Waals surface area contributed by atoms with Gasteiger partial charge in [0.05, 0.1) is 5.56 Å². The summed E-state index contributed by atoms with van der Waals surface area (Å²) in [7, 11) is 1.73. The number of hydrogen-bond acceptors (Lipinski definition) is 2. The minimum Gasteiger partial charge on any atom is -0.506 e. The second kappa shape index (κ2) is 5.76. The Hall–Kier alpha value is -2.81. The summed E-state index contributed by atoms with van der Waals surface area (Å²) in [6.45, 7) is 4.00. The van der Waals surface area contributed by atoms with Crippen molar-refractivity contribution in [1.82, 2.24) is 0 Å². The maximum Gasteiger partial charge on any atom is 0.261 e. The molecule has 0 bridgehead atoms. The topological polar surface area (TPSA) is 40.5 Å². The minimum absolute atomic E-state index is 0.0318. The van der Waals surface area contributed by atoms with Crippen LogP contribution in [0.4, 0.5) is 5.69 Å². The predicted molar refractivity (Wildman–Crippen MR) is 94.3 cm³/mol. The zero-order chi connectivity index (χ0) is 16.6. The number of carbonyl (C=O) groups excluding carboxylic acids is 1. The van der Waals surface area contributed by atoms with Gasteiger partial charge in [-0.05, 0) is 48.6 Å². The van der Waals surface area contributed by atoms with Crippen LogP contribution in [0.3, 0.4) is 0 Å². The number of anilines is 1. The fourth-order valence-electron chi connectivity index (χ4n) is 2.87. The Kier molecular flexibility index (Phi) is 3.78. The summed E-state index contributed by atoms with van der Waals surface area (Å²) in [6.07, 6.45) is 0. The molecule has 3 nitrogen and oxygen atoms in total. The Labute approximate surface area is 135 Å². The molecule has 116 valence electrons. The molecule has 3 rings (SSSR count). The van der Waals surface area contributed by atoms with Crippen molar-refractivity contribution in [3.05, 3.63) is 71.3 Å². The molecular formula is C20H19NO2. The van der Waals surface area contributed by atoms with Crippen LogP contribution in [0.15, 0.2) is 54.6 Å². The van der Waals surface area contributed by atoms with E-state index in [-0.39, 0.29) is 11.7 Å². The number of aryl methyl sites for hydroxylation is 2. The molecule has 0 unspecified atom stereocenters. The van der Waals surface area contributed by atoms with Gasteiger partial charge < -0.3 is 10.0 Å². The Bertz CT molecular complexity index is 879. The van der Waals surface area contributed by atoms with Gasteiger partial charge in [-0.2, -0.15) is 0 Å². The van der Waals surface area contributed by atoms with Crippen molar-refractivity contribution in [2.24, 2.45) is 0 Å². The number of hydrogen-bond donors (Lipinski definition) is 1. The molecule has 0 aliphatic rings. The molecule has 0 aromatic heterocycles. The first kappa shape index (κ1) is 15.1. The smallest absolute Gasteiger partial charge is 0.261 e. The van der Waals surface area contributed by atoms with Crippen LogP contribution in [-0.2, 0) is 0 Å². The molecular weight excluding hydrogens is 286 g/mol. The number of fused-ring (bicyclic) bond motifs is 1. The van der Waals surface area contributed by atoms with E-state index in [2.05, 4.69) is 6.07 Å². The third-order valence-corrected chi connectivity index (χ3v) is 4.03. The number of rotatable bonds is 2. The lowest BCUT2D eigenvalue weighted by Crippen LogP contribution is -2.26. The lowest BCUT2D eigenvalue weighted by molar-refractivity contribution is 0.0990. The van der Waals surface area contributed by atoms with Gasteiger partial charge in [-0.1, -0.05) is 36.4 Å². The van der Waals surface area contributed by atoms with Crippen molar-refractivity contribution in [1.29, 1.82) is 0 Å². The van der Waals surface area contributed by atoms with Crippen LogP contribution in [0, 0.1) is 13.8 Å². The Morgan fingerprint density at radius 1 is 0.957 bits per heavy atom. The number of phenolic OH excluding ortho intramolecular Hbond substituents is 1. The average molecular weight is 305 g/mol. The maximum atomic E-state index is 12.8. The third kappa shape index (κ3) is 2.78. The Morgan fingerprint density at radius 2 is 1.61 bits per heavy atom. The molecule has 0 atom stereocenters. The predicted octanol–water partition coefficient (Wildman–Crippen LogP) is 4.44. The largest absolute Gasteiger partial charge is 0.506 e. The SMILES string of the molecule is Cc1cc(C)cc(N(C)C(=O)c2ccc3ccccc3c2O)c1. The van der Waals surface area contributed by atoms with Gasteiger partial charge in [0.2, 0.25) is 0 Å². The number of amides is 1. The molecule has 0 aliphatic heterocycles. The van der Waals surface area contributed by atoms with Crippen LogP contribution in [0.2, 0.25) is 0 Å². The number of nitrogens with zero attached hydrogens (tertiary/aromatic N) is 1. The number of aromatic hydroxyl groups is 1. The van der Waals surface area contributed by atoms with E-state index in [1.165, 1.54) is 0 Å². The molecule has 0 fully saturated rings. The number of phenols is 1. The highest BCUT2D eigenvalue weighted by molar-refractivity contribution is 6.10. The third-order valence-electron chi connectivity index (χ3n) is 4.03. The standard InChI is InChI=1S/C20H19NO2/c1-13-10-14(2)12-16(11-13)21(3)20(23)18-9-8-15-6-4-5-7-17(15)19(18)22/h4-12,22H,1-3H3. The number of carbonyl (C=O) groups is 1. The van der Waals surface area contributed by atoms with Crippen LogP contribution < -0.4 is 4.90 Å². The van der Waals surface area contributed by atoms with Crippen molar-refractivity contribution in [3.8, 4) is 5.75 Å². The van der Waals surface area contributed by atoms with E-state index in [0.717, 1.165) is 22.2 Å². The molecule has 0 saturated carbocycles. The fraction of sp³-hybridized carbons (Fsp3) is 0.150.